The molecule has 1 aromatic carbocycles. The number of thioether (sulfide) groups is 1. The zero-order chi connectivity index (χ0) is 11.1. The van der Waals surface area contributed by atoms with Crippen LogP contribution < -0.4 is 5.32 Å². The average molecular weight is 237 g/mol. The predicted octanol–water partition coefficient (Wildman–Crippen LogP) is 3.29. The fourth-order valence-electron chi connectivity index (χ4n) is 1.16. The molecule has 1 rings (SSSR count). The Hall–Kier alpha value is -0.800. The molecule has 0 unspecified atom stereocenters. The molecule has 80 valence electrons. The maximum atomic E-state index is 5.16. The number of aryl methyl sites for hydroxylation is 1. The minimum Gasteiger partial charge on any atom is -0.368 e. The normalized spacial score (nSPS) is 9.67. The van der Waals surface area contributed by atoms with E-state index in [4.69, 9.17) is 12.2 Å². The molecule has 0 aromatic heterocycles. The molecule has 0 saturated carbocycles. The molecule has 0 amide bonds. The van der Waals surface area contributed by atoms with Crippen molar-refractivity contribution in [3.8, 4) is 0 Å². The number of hydrogen-bond donors (Lipinski definition) is 1. The zero-order valence-corrected chi connectivity index (χ0v) is 10.5. The quantitative estimate of drug-likeness (QED) is 0.637. The number of thiocarbonyl (C=S) groups is 1. The maximum Gasteiger partial charge on any atom is 0.134 e. The van der Waals surface area contributed by atoms with E-state index in [9.17, 15) is 0 Å². The third-order valence-electron chi connectivity index (χ3n) is 1.84. The van der Waals surface area contributed by atoms with Crippen LogP contribution in [0.25, 0.3) is 0 Å². The van der Waals surface area contributed by atoms with E-state index >= 15 is 0 Å². The molecular formula is C12H15NS2. The van der Waals surface area contributed by atoms with Crippen LogP contribution in [0.2, 0.25) is 0 Å². The van der Waals surface area contributed by atoms with E-state index in [2.05, 4.69) is 43.1 Å². The molecule has 0 spiro atoms. The van der Waals surface area contributed by atoms with Gasteiger partial charge in [-0.3, -0.25) is 0 Å². The fraction of sp³-hybridized carbons (Fsp3) is 0.250. The van der Waals surface area contributed by atoms with Gasteiger partial charge in [-0.1, -0.05) is 59.9 Å². The molecule has 1 aromatic rings. The molecule has 0 saturated heterocycles. The van der Waals surface area contributed by atoms with Crippen molar-refractivity contribution < 1.29 is 0 Å². The summed E-state index contributed by atoms with van der Waals surface area (Å²) in [4.78, 5) is 0. The highest BCUT2D eigenvalue weighted by Gasteiger charge is 1.97. The molecule has 0 fully saturated rings. The Labute approximate surface area is 101 Å². The fourth-order valence-corrected chi connectivity index (χ4v) is 2.08. The lowest BCUT2D eigenvalue weighted by atomic mass is 10.2. The molecular weight excluding hydrogens is 222 g/mol. The molecule has 0 aliphatic carbocycles. The lowest BCUT2D eigenvalue weighted by Gasteiger charge is -2.05. The van der Waals surface area contributed by atoms with E-state index in [0.29, 0.717) is 0 Å². The van der Waals surface area contributed by atoms with Gasteiger partial charge >= 0.3 is 0 Å². The Morgan fingerprint density at radius 2 is 2.40 bits per heavy atom. The lowest BCUT2D eigenvalue weighted by molar-refractivity contribution is 1.08. The van der Waals surface area contributed by atoms with Crippen molar-refractivity contribution in [3.63, 3.8) is 0 Å². The first-order valence-corrected chi connectivity index (χ1v) is 6.19. The highest BCUT2D eigenvalue weighted by molar-refractivity contribution is 8.22. The molecule has 0 bridgehead atoms. The summed E-state index contributed by atoms with van der Waals surface area (Å²) in [7, 11) is 0. The molecule has 0 heterocycles. The maximum absolute atomic E-state index is 5.16. The molecule has 1 N–H and O–H groups in total. The molecule has 0 aliphatic rings. The second-order valence-electron chi connectivity index (χ2n) is 3.23. The summed E-state index contributed by atoms with van der Waals surface area (Å²) < 4.78 is 0.830. The van der Waals surface area contributed by atoms with Gasteiger partial charge in [-0.05, 0) is 12.5 Å². The smallest absolute Gasteiger partial charge is 0.134 e. The first-order chi connectivity index (χ1) is 7.22. The van der Waals surface area contributed by atoms with E-state index in [1.165, 1.54) is 11.1 Å². The number of hydrogen-bond acceptors (Lipinski definition) is 2. The Morgan fingerprint density at radius 3 is 3.07 bits per heavy atom. The summed E-state index contributed by atoms with van der Waals surface area (Å²) >= 11 is 6.81. The van der Waals surface area contributed by atoms with Gasteiger partial charge in [0, 0.05) is 12.3 Å². The number of nitrogens with one attached hydrogen (secondary N) is 1. The number of benzene rings is 1. The lowest BCUT2D eigenvalue weighted by Crippen LogP contribution is -2.17. The molecule has 1 nitrogen and oxygen atoms in total. The standard InChI is InChI=1S/C12H15NS2/c1-3-7-13-12(14)15-9-11-6-4-5-10(2)8-11/h3-6,8H,1,7,9H2,2H3,(H,13,14). The van der Waals surface area contributed by atoms with Crippen LogP contribution in [0.4, 0.5) is 0 Å². The van der Waals surface area contributed by atoms with Gasteiger partial charge in [0.2, 0.25) is 0 Å². The van der Waals surface area contributed by atoms with Crippen LogP contribution >= 0.6 is 24.0 Å². The molecule has 3 heteroatoms. The van der Waals surface area contributed by atoms with Crippen LogP contribution in [0.3, 0.4) is 0 Å². The van der Waals surface area contributed by atoms with E-state index in [1.807, 2.05) is 0 Å². The first kappa shape index (κ1) is 12.3. The van der Waals surface area contributed by atoms with Crippen molar-refractivity contribution in [2.45, 2.75) is 12.7 Å². The summed E-state index contributed by atoms with van der Waals surface area (Å²) in [5, 5.41) is 3.09. The van der Waals surface area contributed by atoms with E-state index < -0.39 is 0 Å². The molecule has 0 radical (unpaired) electrons. The second kappa shape index (κ2) is 6.64. The summed E-state index contributed by atoms with van der Waals surface area (Å²) in [6.45, 7) is 6.47. The second-order valence-corrected chi connectivity index (χ2v) is 4.89. The van der Waals surface area contributed by atoms with Gasteiger partial charge in [0.05, 0.1) is 0 Å². The summed E-state index contributed by atoms with van der Waals surface area (Å²) in [5.41, 5.74) is 2.60. The van der Waals surface area contributed by atoms with Crippen LogP contribution in [-0.4, -0.2) is 10.9 Å². The van der Waals surface area contributed by atoms with Crippen molar-refractivity contribution in [1.29, 1.82) is 0 Å². The summed E-state index contributed by atoms with van der Waals surface area (Å²) in [6, 6.07) is 8.48. The third kappa shape index (κ3) is 5.00. The number of rotatable bonds is 4. The van der Waals surface area contributed by atoms with Crippen LogP contribution in [0, 0.1) is 6.92 Å². The van der Waals surface area contributed by atoms with Crippen molar-refractivity contribution >= 4 is 28.3 Å². The Kier molecular flexibility index (Phi) is 5.43. The highest BCUT2D eigenvalue weighted by Crippen LogP contribution is 2.14. The van der Waals surface area contributed by atoms with Gasteiger partial charge in [0.1, 0.15) is 4.32 Å². The van der Waals surface area contributed by atoms with Gasteiger partial charge in [0.25, 0.3) is 0 Å². The Bertz CT molecular complexity index is 347. The SMILES string of the molecule is C=CCNC(=S)SCc1cccc(C)c1. The summed E-state index contributed by atoms with van der Waals surface area (Å²) in [5.74, 6) is 0.921. The van der Waals surface area contributed by atoms with Gasteiger partial charge in [0.15, 0.2) is 0 Å². The van der Waals surface area contributed by atoms with E-state index in [0.717, 1.165) is 16.6 Å². The van der Waals surface area contributed by atoms with Crippen molar-refractivity contribution in [2.75, 3.05) is 6.54 Å². The highest BCUT2D eigenvalue weighted by atomic mass is 32.2. The topological polar surface area (TPSA) is 12.0 Å². The molecule has 15 heavy (non-hydrogen) atoms. The minimum absolute atomic E-state index is 0.736. The zero-order valence-electron chi connectivity index (χ0n) is 8.82. The molecule has 0 atom stereocenters. The van der Waals surface area contributed by atoms with Gasteiger partial charge in [-0.25, -0.2) is 0 Å². The van der Waals surface area contributed by atoms with Crippen molar-refractivity contribution in [1.82, 2.24) is 5.32 Å². The van der Waals surface area contributed by atoms with Gasteiger partial charge in [-0.2, -0.15) is 0 Å². The van der Waals surface area contributed by atoms with Crippen LogP contribution in [0.15, 0.2) is 36.9 Å². The van der Waals surface area contributed by atoms with Crippen molar-refractivity contribution in [2.24, 2.45) is 0 Å². The largest absolute Gasteiger partial charge is 0.368 e. The van der Waals surface area contributed by atoms with Crippen LogP contribution in [0.1, 0.15) is 11.1 Å². The predicted molar refractivity (Wildman–Crippen MR) is 73.3 cm³/mol. The monoisotopic (exact) mass is 237 g/mol. The van der Waals surface area contributed by atoms with Crippen molar-refractivity contribution in [3.05, 3.63) is 48.0 Å². The minimum atomic E-state index is 0.736. The first-order valence-electron chi connectivity index (χ1n) is 4.79. The Morgan fingerprint density at radius 1 is 1.60 bits per heavy atom. The summed E-state index contributed by atoms with van der Waals surface area (Å²) in [6.07, 6.45) is 1.81. The van der Waals surface area contributed by atoms with E-state index in [1.54, 1.807) is 17.8 Å². The van der Waals surface area contributed by atoms with Crippen LogP contribution in [-0.2, 0) is 5.75 Å². The Balaban J connectivity index is 2.36. The van der Waals surface area contributed by atoms with Gasteiger partial charge in [-0.15, -0.1) is 6.58 Å². The van der Waals surface area contributed by atoms with Gasteiger partial charge < -0.3 is 5.32 Å². The molecule has 0 aliphatic heterocycles. The average Bonchev–Trinajstić information content (AvgIpc) is 2.23. The third-order valence-corrected chi connectivity index (χ3v) is 3.23. The van der Waals surface area contributed by atoms with Crippen LogP contribution in [0.5, 0.6) is 0 Å². The van der Waals surface area contributed by atoms with E-state index in [-0.39, 0.29) is 0 Å².